The number of ether oxygens (including phenoxy) is 2. The number of aromatic amines is 1. The molecule has 3 N–H and O–H groups in total. The Balaban J connectivity index is 1.24. The maximum atomic E-state index is 15.1. The van der Waals surface area contributed by atoms with Crippen molar-refractivity contribution in [3.8, 4) is 0 Å². The van der Waals surface area contributed by atoms with Gasteiger partial charge in [0.05, 0.1) is 12.3 Å². The number of hydrogen-bond donors (Lipinski definition) is 3. The van der Waals surface area contributed by atoms with Gasteiger partial charge in [0.1, 0.15) is 17.9 Å². The van der Waals surface area contributed by atoms with Gasteiger partial charge in [-0.3, -0.25) is 14.2 Å². The SMILES string of the molecule is CC1(NC(=O)O[C@@H]2CC[C@H](c3cc(Nc4nccc5nc(COC(F)(F)F)cn45)n[nH]3)[C@H]2F)CC1. The van der Waals surface area contributed by atoms with Gasteiger partial charge >= 0.3 is 12.5 Å². The molecule has 14 heteroatoms. The molecule has 2 fully saturated rings. The Morgan fingerprint density at radius 2 is 2.14 bits per heavy atom. The van der Waals surface area contributed by atoms with Crippen molar-refractivity contribution in [2.24, 2.45) is 0 Å². The molecule has 2 saturated carbocycles. The van der Waals surface area contributed by atoms with Crippen LogP contribution in [0.3, 0.4) is 0 Å². The summed E-state index contributed by atoms with van der Waals surface area (Å²) in [5, 5.41) is 12.7. The van der Waals surface area contributed by atoms with Gasteiger partial charge in [-0.05, 0) is 38.7 Å². The Morgan fingerprint density at radius 1 is 1.34 bits per heavy atom. The van der Waals surface area contributed by atoms with Crippen LogP contribution in [-0.4, -0.2) is 54.8 Å². The van der Waals surface area contributed by atoms with Gasteiger partial charge < -0.3 is 15.4 Å². The lowest BCUT2D eigenvalue weighted by atomic mass is 10.0. The molecule has 5 rings (SSSR count). The van der Waals surface area contributed by atoms with Crippen LogP contribution < -0.4 is 10.6 Å². The Bertz CT molecular complexity index is 1220. The van der Waals surface area contributed by atoms with Crippen molar-refractivity contribution < 1.29 is 31.8 Å². The zero-order valence-electron chi connectivity index (χ0n) is 18.6. The van der Waals surface area contributed by atoms with Crippen LogP contribution in [0.1, 0.15) is 49.9 Å². The largest absolute Gasteiger partial charge is 0.522 e. The van der Waals surface area contributed by atoms with Crippen LogP contribution in [0.5, 0.6) is 0 Å². The first-order valence-corrected chi connectivity index (χ1v) is 11.1. The number of halogens is 4. The van der Waals surface area contributed by atoms with Gasteiger partial charge in [-0.2, -0.15) is 5.10 Å². The molecule has 0 aliphatic heterocycles. The van der Waals surface area contributed by atoms with Gasteiger partial charge in [-0.15, -0.1) is 13.2 Å². The first-order chi connectivity index (χ1) is 16.6. The Hall–Kier alpha value is -3.42. The standard InChI is InChI=1S/C21H23F4N7O3/c1-20(5-6-20)29-19(33)35-14-3-2-12(17(14)22)13-8-15(31-30-13)28-18-26-7-4-16-27-11(9-32(16)18)10-34-21(23,24)25/h4,7-9,12,14,17H,2-3,5-6,10H2,1H3,(H,29,33)(H2,26,28,30,31)/t12-,14-,17-/m1/s1. The number of hydrogen-bond acceptors (Lipinski definition) is 7. The minimum Gasteiger partial charge on any atom is -0.443 e. The van der Waals surface area contributed by atoms with Crippen LogP contribution in [0.2, 0.25) is 0 Å². The predicted octanol–water partition coefficient (Wildman–Crippen LogP) is 4.10. The number of alkyl carbamates (subject to hydrolysis) is 1. The maximum Gasteiger partial charge on any atom is 0.522 e. The van der Waals surface area contributed by atoms with Crippen molar-refractivity contribution in [1.29, 1.82) is 0 Å². The van der Waals surface area contributed by atoms with E-state index in [1.54, 1.807) is 6.07 Å². The van der Waals surface area contributed by atoms with Gasteiger partial charge in [-0.25, -0.2) is 19.2 Å². The summed E-state index contributed by atoms with van der Waals surface area (Å²) in [6.07, 6.45) is -2.20. The molecule has 0 unspecified atom stereocenters. The van der Waals surface area contributed by atoms with E-state index in [9.17, 15) is 18.0 Å². The minimum absolute atomic E-state index is 0.0677. The van der Waals surface area contributed by atoms with E-state index in [1.807, 2.05) is 6.92 Å². The molecule has 0 radical (unpaired) electrons. The van der Waals surface area contributed by atoms with Crippen LogP contribution in [0.15, 0.2) is 24.5 Å². The molecular weight excluding hydrogens is 474 g/mol. The summed E-state index contributed by atoms with van der Waals surface area (Å²) in [6, 6.07) is 3.15. The fourth-order valence-electron chi connectivity index (χ4n) is 4.09. The van der Waals surface area contributed by atoms with Crippen LogP contribution >= 0.6 is 0 Å². The molecular formula is C21H23F4N7O3. The molecule has 3 aromatic rings. The van der Waals surface area contributed by atoms with Gasteiger partial charge in [0.25, 0.3) is 0 Å². The normalized spacial score (nSPS) is 23.4. The summed E-state index contributed by atoms with van der Waals surface area (Å²) in [5.74, 6) is 0.0502. The highest BCUT2D eigenvalue weighted by molar-refractivity contribution is 5.69. The average Bonchev–Trinajstić information content (AvgIpc) is 3.14. The molecule has 0 aromatic carbocycles. The summed E-state index contributed by atoms with van der Waals surface area (Å²) in [6.45, 7) is 1.17. The fraction of sp³-hybridized carbons (Fsp3) is 0.524. The molecule has 0 bridgehead atoms. The lowest BCUT2D eigenvalue weighted by Gasteiger charge is -2.19. The quantitative estimate of drug-likeness (QED) is 0.421. The molecule has 3 heterocycles. The zero-order chi connectivity index (χ0) is 24.8. The molecule has 10 nitrogen and oxygen atoms in total. The number of carbonyl (C=O) groups is 1. The zero-order valence-corrected chi connectivity index (χ0v) is 18.6. The number of nitrogens with zero attached hydrogens (tertiary/aromatic N) is 4. The summed E-state index contributed by atoms with van der Waals surface area (Å²) in [4.78, 5) is 20.3. The Kier molecular flexibility index (Phi) is 5.77. The number of fused-ring (bicyclic) bond motifs is 1. The molecule has 188 valence electrons. The van der Waals surface area contributed by atoms with E-state index in [0.717, 1.165) is 12.8 Å². The molecule has 1 amide bonds. The van der Waals surface area contributed by atoms with Crippen molar-refractivity contribution in [3.05, 3.63) is 35.9 Å². The van der Waals surface area contributed by atoms with E-state index in [1.165, 1.54) is 22.9 Å². The van der Waals surface area contributed by atoms with Crippen molar-refractivity contribution in [3.63, 3.8) is 0 Å². The van der Waals surface area contributed by atoms with Gasteiger partial charge in [0, 0.05) is 35.6 Å². The van der Waals surface area contributed by atoms with E-state index in [4.69, 9.17) is 4.74 Å². The lowest BCUT2D eigenvalue weighted by molar-refractivity contribution is -0.330. The topological polar surface area (TPSA) is 118 Å². The number of H-pyrrole nitrogens is 1. The van der Waals surface area contributed by atoms with Gasteiger partial charge in [0.2, 0.25) is 5.95 Å². The number of nitrogens with one attached hydrogen (secondary N) is 3. The number of imidazole rings is 1. The molecule has 0 spiro atoms. The number of alkyl halides is 4. The van der Waals surface area contributed by atoms with E-state index < -0.39 is 37.3 Å². The van der Waals surface area contributed by atoms with Crippen LogP contribution in [-0.2, 0) is 16.1 Å². The second-order valence-electron chi connectivity index (χ2n) is 9.05. The number of carbonyl (C=O) groups excluding carboxylic acids is 1. The second-order valence-corrected chi connectivity index (χ2v) is 9.05. The van der Waals surface area contributed by atoms with E-state index in [0.29, 0.717) is 30.0 Å². The number of aromatic nitrogens is 5. The minimum atomic E-state index is -4.77. The summed E-state index contributed by atoms with van der Waals surface area (Å²) < 4.78 is 62.6. The van der Waals surface area contributed by atoms with Crippen LogP contribution in [0, 0.1) is 0 Å². The Labute approximate surface area is 196 Å². The maximum absolute atomic E-state index is 15.1. The van der Waals surface area contributed by atoms with Crippen molar-refractivity contribution in [2.45, 2.75) is 69.3 Å². The second kappa shape index (κ2) is 8.66. The first-order valence-electron chi connectivity index (χ1n) is 11.1. The van der Waals surface area contributed by atoms with Gasteiger partial charge in [0.15, 0.2) is 5.82 Å². The molecule has 3 aromatic heterocycles. The summed E-state index contributed by atoms with van der Waals surface area (Å²) >= 11 is 0. The van der Waals surface area contributed by atoms with Gasteiger partial charge in [-0.1, -0.05) is 0 Å². The monoisotopic (exact) mass is 497 g/mol. The predicted molar refractivity (Wildman–Crippen MR) is 114 cm³/mol. The van der Waals surface area contributed by atoms with E-state index in [-0.39, 0.29) is 17.2 Å². The highest BCUT2D eigenvalue weighted by Gasteiger charge is 2.43. The Morgan fingerprint density at radius 3 is 2.89 bits per heavy atom. The molecule has 35 heavy (non-hydrogen) atoms. The number of rotatable bonds is 7. The highest BCUT2D eigenvalue weighted by Crippen LogP contribution is 2.39. The van der Waals surface area contributed by atoms with Crippen LogP contribution in [0.25, 0.3) is 5.65 Å². The van der Waals surface area contributed by atoms with Crippen molar-refractivity contribution >= 4 is 23.5 Å². The highest BCUT2D eigenvalue weighted by atomic mass is 19.4. The van der Waals surface area contributed by atoms with Crippen molar-refractivity contribution in [2.75, 3.05) is 5.32 Å². The number of amides is 1. The molecule has 3 atom stereocenters. The molecule has 0 saturated heterocycles. The van der Waals surface area contributed by atoms with Crippen LogP contribution in [0.4, 0.5) is 34.1 Å². The number of anilines is 2. The fourth-order valence-corrected chi connectivity index (χ4v) is 4.09. The third-order valence-corrected chi connectivity index (χ3v) is 6.22. The smallest absolute Gasteiger partial charge is 0.443 e. The summed E-state index contributed by atoms with van der Waals surface area (Å²) in [7, 11) is 0. The third kappa shape index (κ3) is 5.31. The summed E-state index contributed by atoms with van der Waals surface area (Å²) in [5.41, 5.74) is 0.705. The molecule has 2 aliphatic carbocycles. The molecule has 2 aliphatic rings. The van der Waals surface area contributed by atoms with Crippen molar-refractivity contribution in [1.82, 2.24) is 29.9 Å². The van der Waals surface area contributed by atoms with E-state index >= 15 is 4.39 Å². The first kappa shape index (κ1) is 23.3. The van der Waals surface area contributed by atoms with E-state index in [2.05, 4.69) is 35.5 Å². The average molecular weight is 497 g/mol. The third-order valence-electron chi connectivity index (χ3n) is 6.22. The lowest BCUT2D eigenvalue weighted by Crippen LogP contribution is -2.38.